The van der Waals surface area contributed by atoms with Gasteiger partial charge in [-0.25, -0.2) is 8.42 Å². The van der Waals surface area contributed by atoms with Crippen LogP contribution in [0.1, 0.15) is 5.56 Å². The van der Waals surface area contributed by atoms with E-state index in [4.69, 9.17) is 11.6 Å². The molecule has 82 valence electrons. The summed E-state index contributed by atoms with van der Waals surface area (Å²) in [6.45, 7) is 0. The highest BCUT2D eigenvalue weighted by molar-refractivity contribution is 7.89. The van der Waals surface area contributed by atoms with Gasteiger partial charge in [0.15, 0.2) is 9.84 Å². The fourth-order valence-electron chi connectivity index (χ4n) is 1.12. The highest BCUT2D eigenvalue weighted by atomic mass is 35.5. The zero-order chi connectivity index (χ0) is 11.6. The van der Waals surface area contributed by atoms with Crippen LogP contribution in [0, 0.1) is 10.1 Å². The average molecular weight is 250 g/mol. The second-order valence-corrected chi connectivity index (χ2v) is 5.72. The van der Waals surface area contributed by atoms with E-state index in [2.05, 4.69) is 0 Å². The summed E-state index contributed by atoms with van der Waals surface area (Å²) >= 11 is 5.62. The third kappa shape index (κ3) is 3.85. The van der Waals surface area contributed by atoms with Gasteiger partial charge in [-0.3, -0.25) is 10.1 Å². The van der Waals surface area contributed by atoms with Crippen molar-refractivity contribution in [3.8, 4) is 0 Å². The second kappa shape index (κ2) is 4.16. The SMILES string of the molecule is CS(=O)(=O)Cc1cc(Cl)cc([N+](=O)[O-])c1. The van der Waals surface area contributed by atoms with Gasteiger partial charge in [-0.2, -0.15) is 0 Å². The monoisotopic (exact) mass is 249 g/mol. The normalized spacial score (nSPS) is 11.3. The van der Waals surface area contributed by atoms with E-state index in [1.54, 1.807) is 0 Å². The van der Waals surface area contributed by atoms with Crippen LogP contribution in [0.25, 0.3) is 0 Å². The molecule has 5 nitrogen and oxygen atoms in total. The predicted molar refractivity (Wildman–Crippen MR) is 56.7 cm³/mol. The van der Waals surface area contributed by atoms with Crippen LogP contribution in [0.5, 0.6) is 0 Å². The van der Waals surface area contributed by atoms with Gasteiger partial charge in [0.2, 0.25) is 0 Å². The van der Waals surface area contributed by atoms with Gasteiger partial charge in [0.05, 0.1) is 10.7 Å². The number of non-ortho nitro benzene ring substituents is 1. The fourth-order valence-corrected chi connectivity index (χ4v) is 2.15. The van der Waals surface area contributed by atoms with Gasteiger partial charge in [-0.05, 0) is 11.6 Å². The molecule has 0 aliphatic carbocycles. The van der Waals surface area contributed by atoms with Crippen molar-refractivity contribution >= 4 is 27.1 Å². The number of hydrogen-bond donors (Lipinski definition) is 0. The highest BCUT2D eigenvalue weighted by Gasteiger charge is 2.12. The molecule has 1 aromatic carbocycles. The van der Waals surface area contributed by atoms with Gasteiger partial charge in [-0.15, -0.1) is 0 Å². The summed E-state index contributed by atoms with van der Waals surface area (Å²) in [5, 5.41) is 10.6. The van der Waals surface area contributed by atoms with Crippen LogP contribution >= 0.6 is 11.6 Å². The Kier molecular flexibility index (Phi) is 3.31. The third-order valence-corrected chi connectivity index (χ3v) is 2.66. The molecule has 0 aromatic heterocycles. The quantitative estimate of drug-likeness (QED) is 0.604. The Morgan fingerprint density at radius 2 is 2.00 bits per heavy atom. The topological polar surface area (TPSA) is 77.3 Å². The Hall–Kier alpha value is -1.14. The smallest absolute Gasteiger partial charge is 0.258 e. The minimum absolute atomic E-state index is 0.155. The molecule has 15 heavy (non-hydrogen) atoms. The number of nitro benzene ring substituents is 1. The van der Waals surface area contributed by atoms with Crippen molar-refractivity contribution in [1.29, 1.82) is 0 Å². The van der Waals surface area contributed by atoms with Gasteiger partial charge in [0, 0.05) is 23.4 Å². The van der Waals surface area contributed by atoms with Crippen LogP contribution in [0.15, 0.2) is 18.2 Å². The Balaban J connectivity index is 3.15. The molecule has 1 aromatic rings. The van der Waals surface area contributed by atoms with Gasteiger partial charge < -0.3 is 0 Å². The summed E-state index contributed by atoms with van der Waals surface area (Å²) in [5.74, 6) is -0.256. The van der Waals surface area contributed by atoms with Crippen molar-refractivity contribution in [1.82, 2.24) is 0 Å². The summed E-state index contributed by atoms with van der Waals surface area (Å²) in [6.07, 6.45) is 1.06. The molecule has 0 radical (unpaired) electrons. The molecule has 0 fully saturated rings. The van der Waals surface area contributed by atoms with Crippen LogP contribution in [0.3, 0.4) is 0 Å². The Labute approximate surface area is 91.7 Å². The van der Waals surface area contributed by atoms with E-state index in [0.29, 0.717) is 5.56 Å². The minimum Gasteiger partial charge on any atom is -0.258 e. The summed E-state index contributed by atoms with van der Waals surface area (Å²) < 4.78 is 22.0. The average Bonchev–Trinajstić information content (AvgIpc) is 1.99. The van der Waals surface area contributed by atoms with Crippen molar-refractivity contribution < 1.29 is 13.3 Å². The number of nitrogens with zero attached hydrogens (tertiary/aromatic N) is 1. The molecule has 0 amide bonds. The second-order valence-electron chi connectivity index (χ2n) is 3.14. The number of nitro groups is 1. The van der Waals surface area contributed by atoms with Gasteiger partial charge >= 0.3 is 0 Å². The van der Waals surface area contributed by atoms with Crippen molar-refractivity contribution in [2.75, 3.05) is 6.26 Å². The maximum absolute atomic E-state index is 11.0. The first-order valence-corrected chi connectivity index (χ1v) is 6.33. The molecule has 7 heteroatoms. The standard InChI is InChI=1S/C8H8ClNO4S/c1-15(13,14)5-6-2-7(9)4-8(3-6)10(11)12/h2-4H,5H2,1H3. The molecular formula is C8H8ClNO4S. The number of benzene rings is 1. The maximum atomic E-state index is 11.0. The van der Waals surface area contributed by atoms with Crippen molar-refractivity contribution in [2.45, 2.75) is 5.75 Å². The van der Waals surface area contributed by atoms with Crippen LogP contribution in [0.2, 0.25) is 5.02 Å². The molecule has 1 rings (SSSR count). The Morgan fingerprint density at radius 1 is 1.40 bits per heavy atom. The molecule has 0 spiro atoms. The molecule has 0 saturated heterocycles. The van der Waals surface area contributed by atoms with E-state index in [9.17, 15) is 18.5 Å². The summed E-state index contributed by atoms with van der Waals surface area (Å²) in [7, 11) is -3.22. The molecule has 0 heterocycles. The zero-order valence-corrected chi connectivity index (χ0v) is 9.38. The summed E-state index contributed by atoms with van der Waals surface area (Å²) in [4.78, 5) is 9.86. The predicted octanol–water partition coefficient (Wildman–Crippen LogP) is 1.79. The number of halogens is 1. The number of hydrogen-bond acceptors (Lipinski definition) is 4. The lowest BCUT2D eigenvalue weighted by Gasteiger charge is -2.00. The lowest BCUT2D eigenvalue weighted by atomic mass is 10.2. The molecular weight excluding hydrogens is 242 g/mol. The summed E-state index contributed by atoms with van der Waals surface area (Å²) in [5.41, 5.74) is 0.109. The first-order chi connectivity index (χ1) is 6.78. The largest absolute Gasteiger partial charge is 0.271 e. The van der Waals surface area contributed by atoms with E-state index in [1.807, 2.05) is 0 Å². The van der Waals surface area contributed by atoms with Crippen LogP contribution < -0.4 is 0 Å². The van der Waals surface area contributed by atoms with E-state index >= 15 is 0 Å². The van der Waals surface area contributed by atoms with Crippen molar-refractivity contribution in [2.24, 2.45) is 0 Å². The van der Waals surface area contributed by atoms with Crippen molar-refractivity contribution in [3.63, 3.8) is 0 Å². The van der Waals surface area contributed by atoms with E-state index in [0.717, 1.165) is 6.26 Å². The molecule has 0 unspecified atom stereocenters. The summed E-state index contributed by atoms with van der Waals surface area (Å²) in [6, 6.07) is 3.77. The van der Waals surface area contributed by atoms with E-state index in [1.165, 1.54) is 18.2 Å². The zero-order valence-electron chi connectivity index (χ0n) is 7.81. The lowest BCUT2D eigenvalue weighted by Crippen LogP contribution is -2.01. The Morgan fingerprint density at radius 3 is 2.47 bits per heavy atom. The molecule has 0 saturated carbocycles. The maximum Gasteiger partial charge on any atom is 0.271 e. The lowest BCUT2D eigenvalue weighted by molar-refractivity contribution is -0.384. The molecule has 0 bridgehead atoms. The molecule has 0 aliphatic rings. The third-order valence-electron chi connectivity index (χ3n) is 1.58. The van der Waals surface area contributed by atoms with Gasteiger partial charge in [0.25, 0.3) is 5.69 Å². The minimum atomic E-state index is -3.22. The highest BCUT2D eigenvalue weighted by Crippen LogP contribution is 2.21. The van der Waals surface area contributed by atoms with E-state index < -0.39 is 14.8 Å². The number of sulfone groups is 1. The fraction of sp³-hybridized carbons (Fsp3) is 0.250. The Bertz CT molecular complexity index is 497. The first-order valence-electron chi connectivity index (χ1n) is 3.89. The van der Waals surface area contributed by atoms with Crippen LogP contribution in [0.4, 0.5) is 5.69 Å². The number of rotatable bonds is 3. The molecule has 0 aliphatic heterocycles. The van der Waals surface area contributed by atoms with Gasteiger partial charge in [-0.1, -0.05) is 11.6 Å². The van der Waals surface area contributed by atoms with Gasteiger partial charge in [0.1, 0.15) is 0 Å². The van der Waals surface area contributed by atoms with Crippen molar-refractivity contribution in [3.05, 3.63) is 38.9 Å². The van der Waals surface area contributed by atoms with Crippen LogP contribution in [-0.4, -0.2) is 19.6 Å². The molecule has 0 atom stereocenters. The van der Waals surface area contributed by atoms with E-state index in [-0.39, 0.29) is 16.5 Å². The van der Waals surface area contributed by atoms with Crippen LogP contribution in [-0.2, 0) is 15.6 Å². The first kappa shape index (κ1) is 11.9. The molecule has 0 N–H and O–H groups in total.